The van der Waals surface area contributed by atoms with Crippen molar-refractivity contribution in [3.8, 4) is 12.3 Å². The van der Waals surface area contributed by atoms with Crippen molar-refractivity contribution in [2.45, 2.75) is 25.8 Å². The lowest BCUT2D eigenvalue weighted by molar-refractivity contribution is -0.449. The summed E-state index contributed by atoms with van der Waals surface area (Å²) in [6, 6.07) is 0. The van der Waals surface area contributed by atoms with E-state index in [4.69, 9.17) is 6.42 Å². The lowest BCUT2D eigenvalue weighted by Gasteiger charge is -2.07. The molecule has 0 aliphatic rings. The molecule has 1 heteroatoms. The summed E-state index contributed by atoms with van der Waals surface area (Å²) < 4.78 is 0. The van der Waals surface area contributed by atoms with Gasteiger partial charge in [-0.25, -0.2) is 0 Å². The molecule has 0 bridgehead atoms. The van der Waals surface area contributed by atoms with Gasteiger partial charge in [0, 0.05) is 13.3 Å². The maximum atomic E-state index is 5.10. The van der Waals surface area contributed by atoms with Gasteiger partial charge in [-0.2, -0.15) is 0 Å². The lowest BCUT2D eigenvalue weighted by Crippen LogP contribution is -2.69. The Labute approximate surface area is 44.9 Å². The van der Waals surface area contributed by atoms with Gasteiger partial charge in [-0.05, 0) is 5.92 Å². The van der Waals surface area contributed by atoms with Crippen molar-refractivity contribution in [2.75, 3.05) is 0 Å². The summed E-state index contributed by atoms with van der Waals surface area (Å²) in [7, 11) is 0. The molecule has 0 aromatic rings. The number of quaternary nitrogens is 1. The predicted molar refractivity (Wildman–Crippen MR) is 30.4 cm³/mol. The van der Waals surface area contributed by atoms with E-state index in [1.807, 2.05) is 13.8 Å². The van der Waals surface area contributed by atoms with E-state index in [1.54, 1.807) is 0 Å². The van der Waals surface area contributed by atoms with Crippen LogP contribution in [0.2, 0.25) is 0 Å². The molecule has 0 aromatic carbocycles. The topological polar surface area (TPSA) is 27.6 Å². The van der Waals surface area contributed by atoms with Crippen molar-refractivity contribution in [3.63, 3.8) is 0 Å². The predicted octanol–water partition coefficient (Wildman–Crippen LogP) is 0.0302. The maximum Gasteiger partial charge on any atom is 0.152 e. The fraction of sp³-hybridized carbons (Fsp3) is 0.667. The minimum absolute atomic E-state index is 0.139. The molecule has 1 nitrogen and oxygen atoms in total. The minimum atomic E-state index is -0.139. The summed E-state index contributed by atoms with van der Waals surface area (Å²) >= 11 is 0. The van der Waals surface area contributed by atoms with Crippen molar-refractivity contribution < 1.29 is 5.73 Å². The van der Waals surface area contributed by atoms with Gasteiger partial charge in [-0.1, -0.05) is 6.92 Å². The second-order valence-corrected chi connectivity index (χ2v) is 2.06. The molecule has 0 spiro atoms. The first-order chi connectivity index (χ1) is 3.12. The highest BCUT2D eigenvalue weighted by atomic mass is 14.7. The first kappa shape index (κ1) is 6.52. The molecule has 0 fully saturated rings. The molecule has 0 saturated heterocycles. The Bertz CT molecular complexity index is 86.8. The van der Waals surface area contributed by atoms with Crippen molar-refractivity contribution in [2.24, 2.45) is 0 Å². The monoisotopic (exact) mass is 98.1 g/mol. The van der Waals surface area contributed by atoms with Crippen LogP contribution in [0.15, 0.2) is 0 Å². The SMILES string of the molecule is C#CC(C)([NH3+])CC. The van der Waals surface area contributed by atoms with Crippen LogP contribution in [-0.2, 0) is 0 Å². The zero-order chi connectivity index (χ0) is 5.91. The summed E-state index contributed by atoms with van der Waals surface area (Å²) in [6.45, 7) is 3.99. The zero-order valence-corrected chi connectivity index (χ0v) is 4.99. The highest BCUT2D eigenvalue weighted by Gasteiger charge is 2.13. The van der Waals surface area contributed by atoms with E-state index in [0.29, 0.717) is 0 Å². The molecule has 40 valence electrons. The third-order valence-corrected chi connectivity index (χ3v) is 1.13. The molecule has 0 radical (unpaired) electrons. The molecule has 0 saturated carbocycles. The zero-order valence-electron chi connectivity index (χ0n) is 4.99. The van der Waals surface area contributed by atoms with Crippen molar-refractivity contribution in [1.29, 1.82) is 0 Å². The van der Waals surface area contributed by atoms with Gasteiger partial charge in [0.1, 0.15) is 0 Å². The minimum Gasteiger partial charge on any atom is -0.343 e. The average Bonchev–Trinajstić information content (AvgIpc) is 1.68. The van der Waals surface area contributed by atoms with Gasteiger partial charge < -0.3 is 5.73 Å². The molecular formula is C6H12N+. The Morgan fingerprint density at radius 1 is 1.86 bits per heavy atom. The molecule has 0 heterocycles. The van der Waals surface area contributed by atoms with Crippen LogP contribution in [0.1, 0.15) is 20.3 Å². The van der Waals surface area contributed by atoms with Crippen molar-refractivity contribution in [1.82, 2.24) is 0 Å². The van der Waals surface area contributed by atoms with Gasteiger partial charge in [0.2, 0.25) is 0 Å². The number of hydrogen-bond donors (Lipinski definition) is 1. The van der Waals surface area contributed by atoms with Crippen molar-refractivity contribution >= 4 is 0 Å². The van der Waals surface area contributed by atoms with Gasteiger partial charge in [0.05, 0.1) is 0 Å². The van der Waals surface area contributed by atoms with E-state index in [2.05, 4.69) is 11.7 Å². The average molecular weight is 98.2 g/mol. The van der Waals surface area contributed by atoms with E-state index in [9.17, 15) is 0 Å². The first-order valence-electron chi connectivity index (χ1n) is 2.45. The van der Waals surface area contributed by atoms with Crippen LogP contribution < -0.4 is 5.73 Å². The first-order valence-corrected chi connectivity index (χ1v) is 2.45. The number of hydrogen-bond acceptors (Lipinski definition) is 0. The lowest BCUT2D eigenvalue weighted by atomic mass is 10.0. The summed E-state index contributed by atoms with van der Waals surface area (Å²) in [4.78, 5) is 0. The van der Waals surface area contributed by atoms with Crippen LogP contribution in [0, 0.1) is 12.3 Å². The molecule has 1 unspecified atom stereocenters. The summed E-state index contributed by atoms with van der Waals surface area (Å²) in [5.74, 6) is 2.58. The van der Waals surface area contributed by atoms with Gasteiger partial charge in [-0.15, -0.1) is 6.42 Å². The molecule has 0 aliphatic carbocycles. The summed E-state index contributed by atoms with van der Waals surface area (Å²) in [5, 5.41) is 0. The molecule has 0 rings (SSSR count). The Morgan fingerprint density at radius 3 is 2.29 bits per heavy atom. The van der Waals surface area contributed by atoms with Gasteiger partial charge >= 0.3 is 0 Å². The van der Waals surface area contributed by atoms with E-state index >= 15 is 0 Å². The third-order valence-electron chi connectivity index (χ3n) is 1.13. The summed E-state index contributed by atoms with van der Waals surface area (Å²) in [6.07, 6.45) is 6.05. The van der Waals surface area contributed by atoms with Crippen LogP contribution in [0.5, 0.6) is 0 Å². The van der Waals surface area contributed by atoms with Gasteiger partial charge in [0.25, 0.3) is 0 Å². The van der Waals surface area contributed by atoms with Gasteiger partial charge in [0.15, 0.2) is 5.54 Å². The molecule has 7 heavy (non-hydrogen) atoms. The van der Waals surface area contributed by atoms with E-state index in [0.717, 1.165) is 6.42 Å². The Kier molecular flexibility index (Phi) is 1.86. The Morgan fingerprint density at radius 2 is 2.29 bits per heavy atom. The van der Waals surface area contributed by atoms with Crippen LogP contribution in [-0.4, -0.2) is 5.54 Å². The number of terminal acetylenes is 1. The van der Waals surface area contributed by atoms with Crippen molar-refractivity contribution in [3.05, 3.63) is 0 Å². The highest BCUT2D eigenvalue weighted by Crippen LogP contribution is 1.96. The Balaban J connectivity index is 3.66. The molecule has 0 amide bonds. The second-order valence-electron chi connectivity index (χ2n) is 2.06. The molecule has 0 aromatic heterocycles. The smallest absolute Gasteiger partial charge is 0.152 e. The van der Waals surface area contributed by atoms with Crippen LogP contribution in [0.25, 0.3) is 0 Å². The van der Waals surface area contributed by atoms with Crippen LogP contribution in [0.3, 0.4) is 0 Å². The van der Waals surface area contributed by atoms with E-state index < -0.39 is 0 Å². The number of rotatable bonds is 1. The third kappa shape index (κ3) is 2.24. The van der Waals surface area contributed by atoms with E-state index in [1.165, 1.54) is 0 Å². The normalized spacial score (nSPS) is 17.4. The quantitative estimate of drug-likeness (QED) is 0.448. The van der Waals surface area contributed by atoms with Crippen LogP contribution in [0.4, 0.5) is 0 Å². The van der Waals surface area contributed by atoms with Crippen LogP contribution >= 0.6 is 0 Å². The largest absolute Gasteiger partial charge is 0.343 e. The fourth-order valence-corrected chi connectivity index (χ4v) is 0.102. The summed E-state index contributed by atoms with van der Waals surface area (Å²) in [5.41, 5.74) is 3.63. The van der Waals surface area contributed by atoms with Gasteiger partial charge in [-0.3, -0.25) is 0 Å². The Hall–Kier alpha value is -0.480. The fourth-order valence-electron chi connectivity index (χ4n) is 0.102. The molecule has 0 aliphatic heterocycles. The second kappa shape index (κ2) is 1.99. The molecule has 3 N–H and O–H groups in total. The molecule has 1 atom stereocenters. The molecular weight excluding hydrogens is 86.1 g/mol. The maximum absolute atomic E-state index is 5.10. The standard InChI is InChI=1S/C6H11N/c1-4-6(3,7)5-2/h1H,5,7H2,2-3H3/p+1. The van der Waals surface area contributed by atoms with E-state index in [-0.39, 0.29) is 5.54 Å². The highest BCUT2D eigenvalue weighted by molar-refractivity contribution is 5.01.